The highest BCUT2D eigenvalue weighted by atomic mass is 35.5. The molecule has 4 nitrogen and oxygen atoms in total. The smallest absolute Gasteiger partial charge is 0.289 e. The zero-order chi connectivity index (χ0) is 12.4. The number of nitrogens with one attached hydrogen (secondary N) is 1. The summed E-state index contributed by atoms with van der Waals surface area (Å²) in [7, 11) is 0. The summed E-state index contributed by atoms with van der Waals surface area (Å²) in [6.45, 7) is 5.74. The highest BCUT2D eigenvalue weighted by Crippen LogP contribution is 2.21. The summed E-state index contributed by atoms with van der Waals surface area (Å²) in [6, 6.07) is 4.11. The maximum Gasteiger partial charge on any atom is 0.289 e. The second kappa shape index (κ2) is 6.50. The number of thioether (sulfide) groups is 1. The summed E-state index contributed by atoms with van der Waals surface area (Å²) < 4.78 is 5.48. The molecule has 1 aliphatic rings. The van der Waals surface area contributed by atoms with Gasteiger partial charge in [0.15, 0.2) is 10.9 Å². The molecule has 6 heteroatoms. The molecule has 102 valence electrons. The van der Waals surface area contributed by atoms with E-state index in [9.17, 15) is 4.79 Å². The number of halogens is 1. The molecule has 2 unspecified atom stereocenters. The topological polar surface area (TPSA) is 45.5 Å². The lowest BCUT2D eigenvalue weighted by Gasteiger charge is -2.38. The average molecular weight is 291 g/mol. The molecule has 1 N–H and O–H groups in total. The number of hydrogen-bond acceptors (Lipinski definition) is 4. The SMILES string of the molecule is CSc1ccc(C(=O)N2CCNC(C)C2C)o1.Cl. The monoisotopic (exact) mass is 290 g/mol. The first-order valence-corrected chi connectivity index (χ1v) is 7.04. The predicted octanol–water partition coefficient (Wildman–Crippen LogP) is 2.25. The van der Waals surface area contributed by atoms with Crippen molar-refractivity contribution < 1.29 is 9.21 Å². The van der Waals surface area contributed by atoms with Gasteiger partial charge in [0.05, 0.1) is 0 Å². The third kappa shape index (κ3) is 3.02. The first-order valence-electron chi connectivity index (χ1n) is 5.81. The van der Waals surface area contributed by atoms with Gasteiger partial charge in [-0.1, -0.05) is 11.8 Å². The third-order valence-corrected chi connectivity index (χ3v) is 3.91. The van der Waals surface area contributed by atoms with Gasteiger partial charge in [-0.2, -0.15) is 0 Å². The Labute approximate surface area is 118 Å². The van der Waals surface area contributed by atoms with E-state index in [0.29, 0.717) is 11.8 Å². The molecular weight excluding hydrogens is 272 g/mol. The number of nitrogens with zero attached hydrogens (tertiary/aromatic N) is 1. The fourth-order valence-electron chi connectivity index (χ4n) is 2.03. The Balaban J connectivity index is 0.00000162. The Morgan fingerprint density at radius 2 is 2.22 bits per heavy atom. The second-order valence-electron chi connectivity index (χ2n) is 4.30. The number of furan rings is 1. The van der Waals surface area contributed by atoms with Crippen LogP contribution in [0.5, 0.6) is 0 Å². The second-order valence-corrected chi connectivity index (χ2v) is 5.12. The van der Waals surface area contributed by atoms with E-state index in [2.05, 4.69) is 19.2 Å². The van der Waals surface area contributed by atoms with Crippen molar-refractivity contribution in [2.75, 3.05) is 19.3 Å². The predicted molar refractivity (Wildman–Crippen MR) is 75.7 cm³/mol. The van der Waals surface area contributed by atoms with Crippen LogP contribution in [0.1, 0.15) is 24.4 Å². The zero-order valence-electron chi connectivity index (χ0n) is 10.8. The molecule has 0 bridgehead atoms. The fourth-order valence-corrected chi connectivity index (χ4v) is 2.41. The third-order valence-electron chi connectivity index (χ3n) is 3.29. The van der Waals surface area contributed by atoms with Crippen molar-refractivity contribution in [2.45, 2.75) is 31.0 Å². The van der Waals surface area contributed by atoms with Crippen LogP contribution in [-0.4, -0.2) is 42.2 Å². The molecule has 0 aromatic carbocycles. The number of carbonyl (C=O) groups is 1. The molecule has 1 aliphatic heterocycles. The van der Waals surface area contributed by atoms with Crippen molar-refractivity contribution in [1.29, 1.82) is 0 Å². The Kier molecular flexibility index (Phi) is 5.56. The summed E-state index contributed by atoms with van der Waals surface area (Å²) in [5.41, 5.74) is 0. The minimum Gasteiger partial charge on any atom is -0.445 e. The van der Waals surface area contributed by atoms with Crippen molar-refractivity contribution in [1.82, 2.24) is 10.2 Å². The van der Waals surface area contributed by atoms with Gasteiger partial charge >= 0.3 is 0 Å². The van der Waals surface area contributed by atoms with Gasteiger partial charge in [-0.3, -0.25) is 4.79 Å². The van der Waals surface area contributed by atoms with Gasteiger partial charge in [-0.15, -0.1) is 12.4 Å². The molecule has 1 fully saturated rings. The molecule has 0 saturated carbocycles. The summed E-state index contributed by atoms with van der Waals surface area (Å²) in [6.07, 6.45) is 1.93. The molecule has 0 spiro atoms. The molecule has 2 rings (SSSR count). The van der Waals surface area contributed by atoms with Gasteiger partial charge in [0.25, 0.3) is 5.91 Å². The molecule has 1 aromatic rings. The van der Waals surface area contributed by atoms with Gasteiger partial charge in [0.1, 0.15) is 0 Å². The number of amides is 1. The van der Waals surface area contributed by atoms with Gasteiger partial charge in [0.2, 0.25) is 0 Å². The van der Waals surface area contributed by atoms with E-state index in [1.54, 1.807) is 6.07 Å². The average Bonchev–Trinajstić information content (AvgIpc) is 2.80. The van der Waals surface area contributed by atoms with E-state index in [0.717, 1.165) is 18.2 Å². The summed E-state index contributed by atoms with van der Waals surface area (Å²) in [5, 5.41) is 4.14. The Bertz CT molecular complexity index is 411. The van der Waals surface area contributed by atoms with Gasteiger partial charge < -0.3 is 14.6 Å². The van der Waals surface area contributed by atoms with Gasteiger partial charge in [0, 0.05) is 25.2 Å². The standard InChI is InChI=1S/C12H18N2O2S.ClH/c1-8-9(2)14(7-6-13-8)12(15)10-4-5-11(16-10)17-3;/h4-5,8-9,13H,6-7H2,1-3H3;1H. The number of carbonyl (C=O) groups excluding carboxylic acids is 1. The van der Waals surface area contributed by atoms with Crippen LogP contribution in [0.25, 0.3) is 0 Å². The fraction of sp³-hybridized carbons (Fsp3) is 0.583. The molecule has 1 amide bonds. The van der Waals surface area contributed by atoms with E-state index in [1.807, 2.05) is 17.2 Å². The van der Waals surface area contributed by atoms with E-state index in [4.69, 9.17) is 4.42 Å². The number of rotatable bonds is 2. The van der Waals surface area contributed by atoms with E-state index >= 15 is 0 Å². The lowest BCUT2D eigenvalue weighted by Crippen LogP contribution is -2.57. The highest BCUT2D eigenvalue weighted by molar-refractivity contribution is 7.98. The van der Waals surface area contributed by atoms with Crippen molar-refractivity contribution in [3.05, 3.63) is 17.9 Å². The molecular formula is C12H19ClN2O2S. The first kappa shape index (κ1) is 15.4. The summed E-state index contributed by atoms with van der Waals surface area (Å²) in [5.74, 6) is 0.432. The Morgan fingerprint density at radius 1 is 1.50 bits per heavy atom. The van der Waals surface area contributed by atoms with Crippen LogP contribution in [0, 0.1) is 0 Å². The highest BCUT2D eigenvalue weighted by Gasteiger charge is 2.30. The lowest BCUT2D eigenvalue weighted by atomic mass is 10.1. The maximum atomic E-state index is 12.3. The van der Waals surface area contributed by atoms with Crippen LogP contribution in [0.15, 0.2) is 21.6 Å². The minimum atomic E-state index is -0.00819. The quantitative estimate of drug-likeness (QED) is 0.849. The molecule has 1 saturated heterocycles. The van der Waals surface area contributed by atoms with E-state index in [1.165, 1.54) is 11.8 Å². The Hall–Kier alpha value is -0.650. The molecule has 18 heavy (non-hydrogen) atoms. The van der Waals surface area contributed by atoms with Crippen molar-refractivity contribution >= 4 is 30.1 Å². The normalized spacial score (nSPS) is 23.6. The number of piperazine rings is 1. The van der Waals surface area contributed by atoms with Crippen molar-refractivity contribution in [3.8, 4) is 0 Å². The molecule has 1 aromatic heterocycles. The molecule has 2 atom stereocenters. The van der Waals surface area contributed by atoms with Crippen LogP contribution in [0.2, 0.25) is 0 Å². The molecule has 0 radical (unpaired) electrons. The van der Waals surface area contributed by atoms with Crippen LogP contribution in [-0.2, 0) is 0 Å². The van der Waals surface area contributed by atoms with Gasteiger partial charge in [-0.05, 0) is 32.2 Å². The van der Waals surface area contributed by atoms with Gasteiger partial charge in [-0.25, -0.2) is 0 Å². The van der Waals surface area contributed by atoms with Crippen LogP contribution >= 0.6 is 24.2 Å². The van der Waals surface area contributed by atoms with Crippen LogP contribution < -0.4 is 5.32 Å². The maximum absolute atomic E-state index is 12.3. The molecule has 0 aliphatic carbocycles. The largest absolute Gasteiger partial charge is 0.445 e. The van der Waals surface area contributed by atoms with E-state index in [-0.39, 0.29) is 24.4 Å². The van der Waals surface area contributed by atoms with Crippen molar-refractivity contribution in [3.63, 3.8) is 0 Å². The number of hydrogen-bond donors (Lipinski definition) is 1. The first-order chi connectivity index (χ1) is 8.13. The van der Waals surface area contributed by atoms with Crippen LogP contribution in [0.4, 0.5) is 0 Å². The van der Waals surface area contributed by atoms with Crippen LogP contribution in [0.3, 0.4) is 0 Å². The molecule has 2 heterocycles. The zero-order valence-corrected chi connectivity index (χ0v) is 12.4. The lowest BCUT2D eigenvalue weighted by molar-refractivity contribution is 0.0565. The summed E-state index contributed by atoms with van der Waals surface area (Å²) >= 11 is 1.51. The minimum absolute atomic E-state index is 0. The van der Waals surface area contributed by atoms with Crippen molar-refractivity contribution in [2.24, 2.45) is 0 Å². The summed E-state index contributed by atoms with van der Waals surface area (Å²) in [4.78, 5) is 14.2. The Morgan fingerprint density at radius 3 is 2.83 bits per heavy atom. The van der Waals surface area contributed by atoms with E-state index < -0.39 is 0 Å².